The van der Waals surface area contributed by atoms with Crippen LogP contribution < -0.4 is 0 Å². The zero-order valence-corrected chi connectivity index (χ0v) is 8.26. The SMILES string of the molecule is [C-]#[N+][Se]CCC[Se]C#N. The Hall–Kier alpha value is 0.0190. The summed E-state index contributed by atoms with van der Waals surface area (Å²) in [5.74, 6) is 0. The van der Waals surface area contributed by atoms with Crippen LogP contribution >= 0.6 is 0 Å². The molecule has 0 aromatic heterocycles. The first-order chi connectivity index (χ1) is 4.41. The Bertz CT molecular complexity index is 117. The summed E-state index contributed by atoms with van der Waals surface area (Å²) in [5.41, 5.74) is 0. The van der Waals surface area contributed by atoms with Gasteiger partial charge in [0.1, 0.15) is 0 Å². The van der Waals surface area contributed by atoms with E-state index >= 15 is 0 Å². The van der Waals surface area contributed by atoms with E-state index in [0.29, 0.717) is 0 Å². The molecule has 0 unspecified atom stereocenters. The number of nitrogens with zero attached hydrogens (tertiary/aromatic N) is 2. The summed E-state index contributed by atoms with van der Waals surface area (Å²) in [6.45, 7) is 6.48. The van der Waals surface area contributed by atoms with E-state index in [9.17, 15) is 0 Å². The second-order valence-electron chi connectivity index (χ2n) is 1.22. The molecule has 0 aliphatic heterocycles. The quantitative estimate of drug-likeness (QED) is 0.415. The Kier molecular flexibility index (Phi) is 8.04. The van der Waals surface area contributed by atoms with Crippen molar-refractivity contribution in [2.45, 2.75) is 17.1 Å². The van der Waals surface area contributed by atoms with E-state index in [4.69, 9.17) is 11.8 Å². The van der Waals surface area contributed by atoms with Crippen molar-refractivity contribution >= 4 is 30.1 Å². The van der Waals surface area contributed by atoms with Gasteiger partial charge < -0.3 is 0 Å². The van der Waals surface area contributed by atoms with Gasteiger partial charge in [0, 0.05) is 0 Å². The van der Waals surface area contributed by atoms with Gasteiger partial charge in [-0.3, -0.25) is 0 Å². The monoisotopic (exact) mass is 254 g/mol. The molecule has 9 heavy (non-hydrogen) atoms. The van der Waals surface area contributed by atoms with Crippen LogP contribution in [-0.2, 0) is 0 Å². The van der Waals surface area contributed by atoms with E-state index in [1.165, 1.54) is 0 Å². The molecule has 0 aliphatic rings. The van der Waals surface area contributed by atoms with Crippen LogP contribution in [0.4, 0.5) is 0 Å². The molecule has 0 saturated carbocycles. The van der Waals surface area contributed by atoms with Gasteiger partial charge in [0.2, 0.25) is 0 Å². The molecule has 0 radical (unpaired) electrons. The maximum atomic E-state index is 8.15. The predicted octanol–water partition coefficient (Wildman–Crippen LogP) is 0.937. The zero-order valence-electron chi connectivity index (χ0n) is 4.83. The minimum atomic E-state index is 0.158. The first-order valence-corrected chi connectivity index (χ1v) is 6.46. The van der Waals surface area contributed by atoms with Crippen LogP contribution in [0.3, 0.4) is 0 Å². The Morgan fingerprint density at radius 2 is 2.33 bits per heavy atom. The van der Waals surface area contributed by atoms with Crippen LogP contribution in [0.5, 0.6) is 0 Å². The fourth-order valence-electron chi connectivity index (χ4n) is 0.287. The number of rotatable bonds is 4. The maximum absolute atomic E-state index is 8.15. The molecule has 0 heterocycles. The van der Waals surface area contributed by atoms with E-state index in [-0.39, 0.29) is 30.1 Å². The Labute approximate surface area is 68.0 Å². The molecule has 0 saturated heterocycles. The molecule has 2 nitrogen and oxygen atoms in total. The molecule has 0 spiro atoms. The van der Waals surface area contributed by atoms with Gasteiger partial charge in [-0.05, 0) is 0 Å². The van der Waals surface area contributed by atoms with Gasteiger partial charge in [0.15, 0.2) is 0 Å². The first kappa shape index (κ1) is 9.02. The van der Waals surface area contributed by atoms with Gasteiger partial charge in [0.05, 0.1) is 0 Å². The van der Waals surface area contributed by atoms with E-state index in [1.807, 2.05) is 0 Å². The summed E-state index contributed by atoms with van der Waals surface area (Å²) in [4.78, 5) is 2.14. The molecule has 0 rings (SSSR count). The van der Waals surface area contributed by atoms with Gasteiger partial charge >= 0.3 is 67.9 Å². The summed E-state index contributed by atoms with van der Waals surface area (Å²) in [5, 5.41) is 10.2. The Morgan fingerprint density at radius 3 is 2.89 bits per heavy atom. The van der Waals surface area contributed by atoms with Crippen molar-refractivity contribution in [1.29, 1.82) is 5.26 Å². The van der Waals surface area contributed by atoms with Gasteiger partial charge in [-0.15, -0.1) is 0 Å². The molecule has 0 N–H and O–H groups in total. The molecule has 0 amide bonds. The van der Waals surface area contributed by atoms with Crippen molar-refractivity contribution in [3.63, 3.8) is 0 Å². The van der Waals surface area contributed by atoms with Crippen molar-refractivity contribution < 1.29 is 0 Å². The topological polar surface area (TPSA) is 28.1 Å². The Morgan fingerprint density at radius 1 is 1.56 bits per heavy atom. The van der Waals surface area contributed by atoms with Crippen molar-refractivity contribution in [3.8, 4) is 4.97 Å². The summed E-state index contributed by atoms with van der Waals surface area (Å²) >= 11 is 0.337. The zero-order chi connectivity index (χ0) is 6.95. The standard InChI is InChI=1S/C5H6N2Se2/c1-7-9-4-2-3-8-5-6/h2-4H2. The summed E-state index contributed by atoms with van der Waals surface area (Å²) in [7, 11) is 0. The van der Waals surface area contributed by atoms with Crippen LogP contribution in [0.2, 0.25) is 10.6 Å². The van der Waals surface area contributed by atoms with Gasteiger partial charge in [-0.1, -0.05) is 0 Å². The van der Waals surface area contributed by atoms with Crippen molar-refractivity contribution in [1.82, 2.24) is 0 Å². The van der Waals surface area contributed by atoms with Gasteiger partial charge in [-0.25, -0.2) is 0 Å². The average Bonchev–Trinajstić information content (AvgIpc) is 1.89. The van der Waals surface area contributed by atoms with Crippen LogP contribution in [0.1, 0.15) is 6.42 Å². The third kappa shape index (κ3) is 8.02. The van der Waals surface area contributed by atoms with Crippen molar-refractivity contribution in [2.75, 3.05) is 0 Å². The van der Waals surface area contributed by atoms with Gasteiger partial charge in [0.25, 0.3) is 0 Å². The molecule has 0 aromatic rings. The fourth-order valence-corrected chi connectivity index (χ4v) is 2.78. The van der Waals surface area contributed by atoms with Crippen LogP contribution in [0.25, 0.3) is 3.86 Å². The number of hydrogen-bond donors (Lipinski definition) is 0. The molecule has 4 heteroatoms. The van der Waals surface area contributed by atoms with Crippen molar-refractivity contribution in [2.24, 2.45) is 0 Å². The van der Waals surface area contributed by atoms with E-state index < -0.39 is 0 Å². The fraction of sp³-hybridized carbons (Fsp3) is 0.600. The van der Waals surface area contributed by atoms with E-state index in [1.54, 1.807) is 0 Å². The van der Waals surface area contributed by atoms with Gasteiger partial charge in [-0.2, -0.15) is 0 Å². The van der Waals surface area contributed by atoms with Crippen molar-refractivity contribution in [3.05, 3.63) is 10.4 Å². The molecule has 0 aliphatic carbocycles. The van der Waals surface area contributed by atoms with E-state index in [2.05, 4.69) is 8.83 Å². The normalized spacial score (nSPS) is 7.78. The average molecular weight is 252 g/mol. The number of hydrogen-bond acceptors (Lipinski definition) is 1. The molecule has 0 atom stereocenters. The first-order valence-electron chi connectivity index (χ1n) is 2.41. The molecule has 48 valence electrons. The second kappa shape index (κ2) is 8.02. The third-order valence-corrected chi connectivity index (χ3v) is 3.18. The van der Waals surface area contributed by atoms with Crippen LogP contribution in [0.15, 0.2) is 0 Å². The predicted molar refractivity (Wildman–Crippen MR) is 38.0 cm³/mol. The molecule has 0 fully saturated rings. The molecule has 0 bridgehead atoms. The van der Waals surface area contributed by atoms with Crippen LogP contribution in [0, 0.1) is 16.8 Å². The Balaban J connectivity index is 2.79. The minimum absolute atomic E-state index is 0.158. The van der Waals surface area contributed by atoms with Crippen LogP contribution in [-0.4, -0.2) is 30.1 Å². The summed E-state index contributed by atoms with van der Waals surface area (Å²) in [6, 6.07) is 0. The second-order valence-corrected chi connectivity index (χ2v) is 4.84. The third-order valence-electron chi connectivity index (χ3n) is 0.611. The molecule has 0 aromatic carbocycles. The molecular weight excluding hydrogens is 246 g/mol. The van der Waals surface area contributed by atoms with E-state index in [0.717, 1.165) is 17.1 Å². The summed E-state index contributed by atoms with van der Waals surface area (Å²) in [6.07, 6.45) is 1.08. The number of nitriles is 1. The summed E-state index contributed by atoms with van der Waals surface area (Å²) < 4.78 is 3.27. The molecular formula is C5H6N2Se2.